The summed E-state index contributed by atoms with van der Waals surface area (Å²) in [7, 11) is 0. The molecule has 0 fully saturated rings. The van der Waals surface area contributed by atoms with Gasteiger partial charge in [0.25, 0.3) is 0 Å². The number of aldehydes is 2. The van der Waals surface area contributed by atoms with Crippen molar-refractivity contribution < 1.29 is 9.59 Å². The van der Waals surface area contributed by atoms with Crippen LogP contribution >= 0.6 is 11.6 Å². The minimum absolute atomic E-state index is 0.318. The van der Waals surface area contributed by atoms with E-state index in [1.54, 1.807) is 18.2 Å². The van der Waals surface area contributed by atoms with Gasteiger partial charge in [0.15, 0.2) is 12.6 Å². The van der Waals surface area contributed by atoms with Crippen molar-refractivity contribution in [1.82, 2.24) is 0 Å². The smallest absolute Gasteiger partial charge is 0.193 e. The Hall–Kier alpha value is -1.59. The van der Waals surface area contributed by atoms with E-state index in [-0.39, 0.29) is 0 Å². The molecular weight excluding hydrogens is 188 g/mol. The quantitative estimate of drug-likeness (QED) is 0.501. The fourth-order valence-electron chi connectivity index (χ4n) is 0.873. The molecule has 0 amide bonds. The van der Waals surface area contributed by atoms with Gasteiger partial charge in [-0.1, -0.05) is 23.6 Å². The van der Waals surface area contributed by atoms with Gasteiger partial charge in [-0.3, -0.25) is 9.59 Å². The molecule has 0 bridgehead atoms. The standard InChI is InChI=1S/C10H5ClO2/c11-10-5-1-3-8(4-2-6-12)9(10)7-13/h1,3,5-7H. The number of hydrogen-bond acceptors (Lipinski definition) is 2. The number of halogens is 1. The van der Waals surface area contributed by atoms with Crippen LogP contribution in [0.1, 0.15) is 15.9 Å². The van der Waals surface area contributed by atoms with E-state index in [4.69, 9.17) is 11.6 Å². The van der Waals surface area contributed by atoms with E-state index < -0.39 is 0 Å². The Bertz CT molecular complexity index is 399. The summed E-state index contributed by atoms with van der Waals surface area (Å²) in [6.07, 6.45) is 1.09. The van der Waals surface area contributed by atoms with Crippen molar-refractivity contribution >= 4 is 24.2 Å². The highest BCUT2D eigenvalue weighted by Gasteiger charge is 2.02. The number of hydrogen-bond donors (Lipinski definition) is 0. The Kier molecular flexibility index (Phi) is 3.24. The third-order valence-corrected chi connectivity index (χ3v) is 1.77. The highest BCUT2D eigenvalue weighted by atomic mass is 35.5. The monoisotopic (exact) mass is 192 g/mol. The molecule has 0 aromatic heterocycles. The van der Waals surface area contributed by atoms with Crippen LogP contribution in [-0.2, 0) is 4.79 Å². The first-order chi connectivity index (χ1) is 6.29. The van der Waals surface area contributed by atoms with Gasteiger partial charge >= 0.3 is 0 Å². The Balaban J connectivity index is 3.27. The van der Waals surface area contributed by atoms with E-state index in [1.165, 1.54) is 0 Å². The summed E-state index contributed by atoms with van der Waals surface area (Å²) in [5.74, 6) is 4.74. The van der Waals surface area contributed by atoms with Crippen molar-refractivity contribution in [3.63, 3.8) is 0 Å². The average Bonchev–Trinajstić information content (AvgIpc) is 2.15. The second-order valence-electron chi connectivity index (χ2n) is 2.21. The molecule has 0 spiro atoms. The molecule has 0 aliphatic heterocycles. The van der Waals surface area contributed by atoms with Crippen molar-refractivity contribution in [1.29, 1.82) is 0 Å². The SMILES string of the molecule is O=CC#Cc1cccc(Cl)c1C=O. The van der Waals surface area contributed by atoms with Gasteiger partial charge in [0, 0.05) is 11.1 Å². The maximum atomic E-state index is 10.6. The van der Waals surface area contributed by atoms with Crippen LogP contribution in [0.25, 0.3) is 0 Å². The van der Waals surface area contributed by atoms with Crippen molar-refractivity contribution in [2.45, 2.75) is 0 Å². The predicted octanol–water partition coefficient (Wildman–Crippen LogP) is 1.70. The first-order valence-corrected chi connectivity index (χ1v) is 3.86. The van der Waals surface area contributed by atoms with Crippen molar-refractivity contribution in [2.24, 2.45) is 0 Å². The lowest BCUT2D eigenvalue weighted by Gasteiger charge is -1.97. The maximum absolute atomic E-state index is 10.6. The summed E-state index contributed by atoms with van der Waals surface area (Å²) < 4.78 is 0. The Labute approximate surface area is 80.5 Å². The number of benzene rings is 1. The predicted molar refractivity (Wildman–Crippen MR) is 49.8 cm³/mol. The van der Waals surface area contributed by atoms with Crippen LogP contribution in [0.15, 0.2) is 18.2 Å². The summed E-state index contributed by atoms with van der Waals surface area (Å²) >= 11 is 5.72. The van der Waals surface area contributed by atoms with Crippen LogP contribution in [0.2, 0.25) is 5.02 Å². The number of rotatable bonds is 1. The van der Waals surface area contributed by atoms with Crippen LogP contribution < -0.4 is 0 Å². The second kappa shape index (κ2) is 4.44. The van der Waals surface area contributed by atoms with Crippen LogP contribution in [0.4, 0.5) is 0 Å². The number of carbonyl (C=O) groups is 2. The van der Waals surface area contributed by atoms with E-state index in [9.17, 15) is 9.59 Å². The molecule has 0 aliphatic rings. The molecule has 64 valence electrons. The molecule has 3 heteroatoms. The van der Waals surface area contributed by atoms with E-state index in [1.807, 2.05) is 0 Å². The molecule has 0 saturated heterocycles. The highest BCUT2D eigenvalue weighted by Crippen LogP contribution is 2.16. The van der Waals surface area contributed by atoms with Gasteiger partial charge in [-0.2, -0.15) is 0 Å². The average molecular weight is 193 g/mol. The molecule has 0 N–H and O–H groups in total. The first kappa shape index (κ1) is 9.50. The largest absolute Gasteiger partial charge is 0.298 e. The lowest BCUT2D eigenvalue weighted by atomic mass is 10.1. The fourth-order valence-corrected chi connectivity index (χ4v) is 1.09. The van der Waals surface area contributed by atoms with E-state index in [2.05, 4.69) is 11.8 Å². The summed E-state index contributed by atoms with van der Waals surface area (Å²) in [6.45, 7) is 0. The van der Waals surface area contributed by atoms with Crippen molar-refractivity contribution in [2.75, 3.05) is 0 Å². The molecule has 1 rings (SSSR count). The van der Waals surface area contributed by atoms with E-state index in [0.717, 1.165) is 0 Å². The molecule has 13 heavy (non-hydrogen) atoms. The molecule has 0 unspecified atom stereocenters. The molecule has 1 aromatic carbocycles. The third kappa shape index (κ3) is 2.17. The van der Waals surface area contributed by atoms with Crippen LogP contribution in [0.3, 0.4) is 0 Å². The topological polar surface area (TPSA) is 34.1 Å². The molecule has 2 nitrogen and oxygen atoms in total. The Morgan fingerprint density at radius 3 is 2.69 bits per heavy atom. The zero-order chi connectivity index (χ0) is 9.68. The summed E-state index contributed by atoms with van der Waals surface area (Å²) in [5, 5.41) is 0.340. The Morgan fingerprint density at radius 1 is 1.31 bits per heavy atom. The third-order valence-electron chi connectivity index (χ3n) is 1.44. The molecule has 0 atom stereocenters. The van der Waals surface area contributed by atoms with Crippen LogP contribution in [-0.4, -0.2) is 12.6 Å². The Morgan fingerprint density at radius 2 is 2.08 bits per heavy atom. The fraction of sp³-hybridized carbons (Fsp3) is 0. The molecule has 0 aliphatic carbocycles. The lowest BCUT2D eigenvalue weighted by molar-refractivity contribution is -0.103. The minimum atomic E-state index is 0.318. The van der Waals surface area contributed by atoms with Crippen LogP contribution in [0.5, 0.6) is 0 Å². The molecule has 0 saturated carbocycles. The van der Waals surface area contributed by atoms with Gasteiger partial charge in [-0.25, -0.2) is 0 Å². The first-order valence-electron chi connectivity index (χ1n) is 3.48. The molecule has 1 aromatic rings. The van der Waals surface area contributed by atoms with Gasteiger partial charge < -0.3 is 0 Å². The molecule has 0 radical (unpaired) electrons. The summed E-state index contributed by atoms with van der Waals surface area (Å²) in [6, 6.07) is 4.90. The van der Waals surface area contributed by atoms with Crippen molar-refractivity contribution in [3.05, 3.63) is 34.3 Å². The normalized spacial score (nSPS) is 8.38. The van der Waals surface area contributed by atoms with E-state index in [0.29, 0.717) is 28.7 Å². The highest BCUT2D eigenvalue weighted by molar-refractivity contribution is 6.33. The maximum Gasteiger partial charge on any atom is 0.193 e. The van der Waals surface area contributed by atoms with Gasteiger partial charge in [0.05, 0.1) is 5.02 Å². The summed E-state index contributed by atoms with van der Waals surface area (Å²) in [5.41, 5.74) is 0.785. The second-order valence-corrected chi connectivity index (χ2v) is 2.61. The van der Waals surface area contributed by atoms with Crippen LogP contribution in [0, 0.1) is 11.8 Å². The van der Waals surface area contributed by atoms with Gasteiger partial charge in [0.2, 0.25) is 0 Å². The summed E-state index contributed by atoms with van der Waals surface area (Å²) in [4.78, 5) is 20.5. The van der Waals surface area contributed by atoms with Gasteiger partial charge in [-0.05, 0) is 18.1 Å². The van der Waals surface area contributed by atoms with E-state index >= 15 is 0 Å². The minimum Gasteiger partial charge on any atom is -0.298 e. The van der Waals surface area contributed by atoms with Gasteiger partial charge in [-0.15, -0.1) is 0 Å². The van der Waals surface area contributed by atoms with Crippen molar-refractivity contribution in [3.8, 4) is 11.8 Å². The zero-order valence-electron chi connectivity index (χ0n) is 6.58. The zero-order valence-corrected chi connectivity index (χ0v) is 7.34. The number of carbonyl (C=O) groups excluding carboxylic acids is 2. The van der Waals surface area contributed by atoms with Gasteiger partial charge in [0.1, 0.15) is 0 Å². The molecular formula is C10H5ClO2. The lowest BCUT2D eigenvalue weighted by Crippen LogP contribution is -1.88. The molecule has 0 heterocycles.